The lowest BCUT2D eigenvalue weighted by Gasteiger charge is -2.10. The molecule has 1 atom stereocenters. The number of nitrogens with one attached hydrogen (secondary N) is 1. The Kier molecular flexibility index (Phi) is 5.31. The Morgan fingerprint density at radius 1 is 1.31 bits per heavy atom. The van der Waals surface area contributed by atoms with E-state index in [1.54, 1.807) is 25.2 Å². The average molecular weight is 378 g/mol. The molecule has 0 saturated carbocycles. The Balaban J connectivity index is 1.62. The van der Waals surface area contributed by atoms with Gasteiger partial charge in [0.1, 0.15) is 0 Å². The topological polar surface area (TPSA) is 59.8 Å². The van der Waals surface area contributed by atoms with Gasteiger partial charge >= 0.3 is 6.55 Å². The molecule has 0 aliphatic heterocycles. The third kappa shape index (κ3) is 3.75. The minimum absolute atomic E-state index is 0.0386. The molecule has 0 fully saturated rings. The number of aryl methyl sites for hydroxylation is 1. The average Bonchev–Trinajstić information content (AvgIpc) is 3.16. The van der Waals surface area contributed by atoms with Gasteiger partial charge in [0.25, 0.3) is 0 Å². The SMILES string of the molecule is Cc1nn(C(F)F)c(C)c1CC(=O)NCC(C)c1nc2ccccc2s1. The summed E-state index contributed by atoms with van der Waals surface area (Å²) in [6.07, 6.45) is 0.0386. The Bertz CT molecular complexity index is 902. The fourth-order valence-corrected chi connectivity index (χ4v) is 3.84. The summed E-state index contributed by atoms with van der Waals surface area (Å²) in [5, 5.41) is 7.64. The van der Waals surface area contributed by atoms with E-state index in [1.165, 1.54) is 0 Å². The smallest absolute Gasteiger partial charge is 0.333 e. The quantitative estimate of drug-likeness (QED) is 0.706. The molecule has 2 heterocycles. The highest BCUT2D eigenvalue weighted by atomic mass is 32.1. The lowest BCUT2D eigenvalue weighted by molar-refractivity contribution is -0.120. The molecule has 26 heavy (non-hydrogen) atoms. The molecule has 0 saturated heterocycles. The standard InChI is InChI=1S/C18H20F2N4OS/c1-10(17-22-14-6-4-5-7-15(14)26-17)9-21-16(25)8-13-11(2)23-24(12(13)3)18(19)20/h4-7,10,18H,8-9H2,1-3H3,(H,21,25). The van der Waals surface area contributed by atoms with E-state index in [1.807, 2.05) is 31.2 Å². The fourth-order valence-electron chi connectivity index (χ4n) is 2.82. The maximum absolute atomic E-state index is 12.9. The number of fused-ring (bicyclic) bond motifs is 1. The highest BCUT2D eigenvalue weighted by Gasteiger charge is 2.20. The van der Waals surface area contributed by atoms with Gasteiger partial charge in [0.05, 0.1) is 27.3 Å². The van der Waals surface area contributed by atoms with E-state index in [-0.39, 0.29) is 18.2 Å². The minimum atomic E-state index is -2.70. The van der Waals surface area contributed by atoms with Crippen LogP contribution in [0.25, 0.3) is 10.2 Å². The van der Waals surface area contributed by atoms with E-state index < -0.39 is 6.55 Å². The number of nitrogens with zero attached hydrogens (tertiary/aromatic N) is 3. The maximum atomic E-state index is 12.9. The van der Waals surface area contributed by atoms with Gasteiger partial charge in [0.2, 0.25) is 5.91 Å². The Labute approximate surface area is 154 Å². The second-order valence-corrected chi connectivity index (χ2v) is 7.34. The first kappa shape index (κ1) is 18.4. The van der Waals surface area contributed by atoms with Crippen LogP contribution in [0.1, 0.15) is 41.3 Å². The van der Waals surface area contributed by atoms with Gasteiger partial charge in [-0.1, -0.05) is 19.1 Å². The largest absolute Gasteiger partial charge is 0.355 e. The van der Waals surface area contributed by atoms with Crippen LogP contribution in [0.3, 0.4) is 0 Å². The van der Waals surface area contributed by atoms with Crippen LogP contribution >= 0.6 is 11.3 Å². The number of hydrogen-bond donors (Lipinski definition) is 1. The summed E-state index contributed by atoms with van der Waals surface area (Å²) in [7, 11) is 0. The van der Waals surface area contributed by atoms with Gasteiger partial charge < -0.3 is 5.32 Å². The monoisotopic (exact) mass is 378 g/mol. The van der Waals surface area contributed by atoms with E-state index in [2.05, 4.69) is 15.4 Å². The molecule has 138 valence electrons. The minimum Gasteiger partial charge on any atom is -0.355 e. The van der Waals surface area contributed by atoms with Crippen LogP contribution in [0.2, 0.25) is 0 Å². The normalized spacial score (nSPS) is 12.7. The van der Waals surface area contributed by atoms with E-state index in [4.69, 9.17) is 0 Å². The summed E-state index contributed by atoms with van der Waals surface area (Å²) in [5.41, 5.74) is 2.29. The molecule has 0 aliphatic rings. The number of carbonyl (C=O) groups excluding carboxylic acids is 1. The van der Waals surface area contributed by atoms with Crippen LogP contribution < -0.4 is 5.32 Å². The molecule has 8 heteroatoms. The van der Waals surface area contributed by atoms with E-state index in [0.717, 1.165) is 15.2 Å². The molecule has 0 spiro atoms. The highest BCUT2D eigenvalue weighted by molar-refractivity contribution is 7.18. The zero-order chi connectivity index (χ0) is 18.8. The van der Waals surface area contributed by atoms with Gasteiger partial charge in [0.15, 0.2) is 0 Å². The third-order valence-electron chi connectivity index (χ3n) is 4.33. The maximum Gasteiger partial charge on any atom is 0.333 e. The molecule has 0 bridgehead atoms. The predicted octanol–water partition coefficient (Wildman–Crippen LogP) is 3.97. The number of rotatable bonds is 6. The van der Waals surface area contributed by atoms with Gasteiger partial charge in [-0.25, -0.2) is 9.67 Å². The van der Waals surface area contributed by atoms with Crippen LogP contribution in [-0.4, -0.2) is 27.2 Å². The van der Waals surface area contributed by atoms with E-state index in [9.17, 15) is 13.6 Å². The summed E-state index contributed by atoms with van der Waals surface area (Å²) in [5.74, 6) is -0.139. The molecule has 1 amide bonds. The van der Waals surface area contributed by atoms with Gasteiger partial charge in [-0.2, -0.15) is 13.9 Å². The number of carbonyl (C=O) groups is 1. The Morgan fingerprint density at radius 2 is 2.04 bits per heavy atom. The summed E-state index contributed by atoms with van der Waals surface area (Å²) < 4.78 is 27.5. The second-order valence-electron chi connectivity index (χ2n) is 6.27. The number of hydrogen-bond acceptors (Lipinski definition) is 4. The van der Waals surface area contributed by atoms with Crippen LogP contribution in [0.4, 0.5) is 8.78 Å². The molecule has 3 rings (SSSR count). The molecule has 0 aliphatic carbocycles. The number of amides is 1. The van der Waals surface area contributed by atoms with Crippen molar-refractivity contribution in [1.82, 2.24) is 20.1 Å². The first-order valence-corrected chi connectivity index (χ1v) is 9.13. The summed E-state index contributed by atoms with van der Waals surface area (Å²) in [6, 6.07) is 7.91. The fraction of sp³-hybridized carbons (Fsp3) is 0.389. The van der Waals surface area contributed by atoms with E-state index in [0.29, 0.717) is 28.2 Å². The van der Waals surface area contributed by atoms with Crippen molar-refractivity contribution in [2.75, 3.05) is 6.54 Å². The lowest BCUT2D eigenvalue weighted by atomic mass is 10.1. The van der Waals surface area contributed by atoms with Gasteiger partial charge in [0, 0.05) is 23.7 Å². The van der Waals surface area contributed by atoms with Gasteiger partial charge in [-0.15, -0.1) is 11.3 Å². The summed E-state index contributed by atoms with van der Waals surface area (Å²) in [6.45, 7) is 2.93. The van der Waals surface area contributed by atoms with E-state index >= 15 is 0 Å². The molecule has 2 aromatic heterocycles. The molecular weight excluding hydrogens is 358 g/mol. The van der Waals surface area contributed by atoms with Gasteiger partial charge in [-0.3, -0.25) is 4.79 Å². The Hall–Kier alpha value is -2.35. The zero-order valence-corrected chi connectivity index (χ0v) is 15.6. The molecule has 3 aromatic rings. The first-order chi connectivity index (χ1) is 12.4. The van der Waals surface area contributed by atoms with Crippen molar-refractivity contribution >= 4 is 27.5 Å². The lowest BCUT2D eigenvalue weighted by Crippen LogP contribution is -2.29. The van der Waals surface area contributed by atoms with Crippen LogP contribution in [0, 0.1) is 13.8 Å². The molecule has 1 aromatic carbocycles. The number of halogens is 2. The van der Waals surface area contributed by atoms with Gasteiger partial charge in [-0.05, 0) is 26.0 Å². The number of thiazole rings is 1. The van der Waals surface area contributed by atoms with Crippen molar-refractivity contribution in [2.45, 2.75) is 39.7 Å². The zero-order valence-electron chi connectivity index (χ0n) is 14.8. The molecule has 1 N–H and O–H groups in total. The third-order valence-corrected chi connectivity index (χ3v) is 5.60. The number of aromatic nitrogens is 3. The Morgan fingerprint density at radius 3 is 2.69 bits per heavy atom. The predicted molar refractivity (Wildman–Crippen MR) is 97.7 cm³/mol. The first-order valence-electron chi connectivity index (χ1n) is 8.31. The molecule has 5 nitrogen and oxygen atoms in total. The van der Waals surface area contributed by atoms with Crippen LogP contribution in [0.5, 0.6) is 0 Å². The van der Waals surface area contributed by atoms with Crippen molar-refractivity contribution in [1.29, 1.82) is 0 Å². The molecule has 1 unspecified atom stereocenters. The van der Waals surface area contributed by atoms with Crippen LogP contribution in [0.15, 0.2) is 24.3 Å². The second kappa shape index (κ2) is 7.49. The number of alkyl halides is 2. The van der Waals surface area contributed by atoms with Crippen molar-refractivity contribution in [3.8, 4) is 0 Å². The van der Waals surface area contributed by atoms with Crippen LogP contribution in [-0.2, 0) is 11.2 Å². The summed E-state index contributed by atoms with van der Waals surface area (Å²) >= 11 is 1.61. The van der Waals surface area contributed by atoms with Crippen molar-refractivity contribution in [2.24, 2.45) is 0 Å². The number of benzene rings is 1. The highest BCUT2D eigenvalue weighted by Crippen LogP contribution is 2.27. The van der Waals surface area contributed by atoms with Crippen molar-refractivity contribution in [3.63, 3.8) is 0 Å². The van der Waals surface area contributed by atoms with Crippen molar-refractivity contribution in [3.05, 3.63) is 46.2 Å². The molecular formula is C18H20F2N4OS. The molecule has 0 radical (unpaired) electrons. The summed E-state index contributed by atoms with van der Waals surface area (Å²) in [4.78, 5) is 16.8. The number of para-hydroxylation sites is 1. The van der Waals surface area contributed by atoms with Crippen molar-refractivity contribution < 1.29 is 13.6 Å².